The Morgan fingerprint density at radius 1 is 1.32 bits per heavy atom. The molecule has 1 aromatic carbocycles. The molecule has 0 saturated heterocycles. The molecule has 0 spiro atoms. The summed E-state index contributed by atoms with van der Waals surface area (Å²) in [6.45, 7) is 2.13. The third kappa shape index (κ3) is 2.91. The summed E-state index contributed by atoms with van der Waals surface area (Å²) in [4.78, 5) is 16.0. The Morgan fingerprint density at radius 2 is 2.16 bits per heavy atom. The molecule has 19 heavy (non-hydrogen) atoms. The third-order valence-corrected chi connectivity index (χ3v) is 2.69. The van der Waals surface area contributed by atoms with Crippen molar-refractivity contribution in [2.45, 2.75) is 6.92 Å². The van der Waals surface area contributed by atoms with E-state index in [-0.39, 0.29) is 5.97 Å². The van der Waals surface area contributed by atoms with Gasteiger partial charge in [0.05, 0.1) is 19.3 Å². The van der Waals surface area contributed by atoms with E-state index in [0.717, 1.165) is 11.1 Å². The van der Waals surface area contributed by atoms with Crippen molar-refractivity contribution in [2.75, 3.05) is 13.7 Å². The summed E-state index contributed by atoms with van der Waals surface area (Å²) >= 11 is 0. The van der Waals surface area contributed by atoms with Gasteiger partial charge in [-0.05, 0) is 31.2 Å². The molecule has 0 N–H and O–H groups in total. The first-order chi connectivity index (χ1) is 9.26. The predicted octanol–water partition coefficient (Wildman–Crippen LogP) is 2.93. The maximum atomic E-state index is 12.0. The predicted molar refractivity (Wildman–Crippen MR) is 72.2 cm³/mol. The van der Waals surface area contributed by atoms with Crippen molar-refractivity contribution in [1.29, 1.82) is 0 Å². The van der Waals surface area contributed by atoms with Crippen LogP contribution in [-0.4, -0.2) is 24.7 Å². The number of aromatic nitrogens is 1. The van der Waals surface area contributed by atoms with E-state index in [1.165, 1.54) is 0 Å². The van der Waals surface area contributed by atoms with Crippen LogP contribution in [0.15, 0.2) is 42.7 Å². The van der Waals surface area contributed by atoms with Gasteiger partial charge in [-0.2, -0.15) is 0 Å². The lowest BCUT2D eigenvalue weighted by Crippen LogP contribution is -2.06. The maximum absolute atomic E-state index is 12.0. The van der Waals surface area contributed by atoms with Crippen molar-refractivity contribution < 1.29 is 14.3 Å². The highest BCUT2D eigenvalue weighted by Gasteiger charge is 2.14. The smallest absolute Gasteiger partial charge is 0.338 e. The van der Waals surface area contributed by atoms with E-state index < -0.39 is 0 Å². The van der Waals surface area contributed by atoms with Crippen molar-refractivity contribution in [2.24, 2.45) is 0 Å². The zero-order chi connectivity index (χ0) is 13.7. The average molecular weight is 257 g/mol. The fourth-order valence-corrected chi connectivity index (χ4v) is 1.80. The molecule has 2 aromatic rings. The molecular weight excluding hydrogens is 242 g/mol. The molecule has 0 unspecified atom stereocenters. The van der Waals surface area contributed by atoms with Gasteiger partial charge in [0, 0.05) is 23.5 Å². The number of methoxy groups -OCH3 is 1. The topological polar surface area (TPSA) is 48.4 Å². The Bertz CT molecular complexity index is 567. The summed E-state index contributed by atoms with van der Waals surface area (Å²) in [5, 5.41) is 0. The molecule has 0 aliphatic rings. The van der Waals surface area contributed by atoms with E-state index in [9.17, 15) is 4.79 Å². The molecule has 0 aliphatic heterocycles. The molecule has 0 fully saturated rings. The highest BCUT2D eigenvalue weighted by molar-refractivity contribution is 5.97. The molecule has 4 heteroatoms. The number of hydrogen-bond acceptors (Lipinski definition) is 4. The number of carbonyl (C=O) groups is 1. The molecule has 4 nitrogen and oxygen atoms in total. The van der Waals surface area contributed by atoms with E-state index in [4.69, 9.17) is 9.47 Å². The fourth-order valence-electron chi connectivity index (χ4n) is 1.80. The Hall–Kier alpha value is -2.36. The summed E-state index contributed by atoms with van der Waals surface area (Å²) in [7, 11) is 1.59. The monoisotopic (exact) mass is 257 g/mol. The second kappa shape index (κ2) is 6.00. The molecule has 0 bridgehead atoms. The largest absolute Gasteiger partial charge is 0.497 e. The Morgan fingerprint density at radius 3 is 2.79 bits per heavy atom. The zero-order valence-electron chi connectivity index (χ0n) is 10.9. The Balaban J connectivity index is 2.52. The standard InChI is InChI=1S/C15H15NO3/c1-3-19-15(17)13-7-6-12(18-2)9-14(13)11-5-4-8-16-10-11/h4-10H,3H2,1-2H3. The first-order valence-electron chi connectivity index (χ1n) is 6.01. The van der Waals surface area contributed by atoms with Crippen LogP contribution >= 0.6 is 0 Å². The average Bonchev–Trinajstić information content (AvgIpc) is 2.47. The minimum atomic E-state index is -0.344. The number of esters is 1. The van der Waals surface area contributed by atoms with Gasteiger partial charge < -0.3 is 9.47 Å². The van der Waals surface area contributed by atoms with Gasteiger partial charge in [-0.1, -0.05) is 6.07 Å². The molecule has 2 rings (SSSR count). The lowest BCUT2D eigenvalue weighted by atomic mass is 10.0. The van der Waals surface area contributed by atoms with Gasteiger partial charge in [-0.15, -0.1) is 0 Å². The summed E-state index contributed by atoms with van der Waals surface area (Å²) in [5.41, 5.74) is 2.12. The van der Waals surface area contributed by atoms with E-state index in [1.54, 1.807) is 38.6 Å². The van der Waals surface area contributed by atoms with Crippen LogP contribution in [0.2, 0.25) is 0 Å². The molecule has 98 valence electrons. The van der Waals surface area contributed by atoms with Gasteiger partial charge in [0.2, 0.25) is 0 Å². The van der Waals surface area contributed by atoms with Gasteiger partial charge in [0.25, 0.3) is 0 Å². The number of ether oxygens (including phenoxy) is 2. The molecular formula is C15H15NO3. The fraction of sp³-hybridized carbons (Fsp3) is 0.200. The zero-order valence-corrected chi connectivity index (χ0v) is 10.9. The van der Waals surface area contributed by atoms with Gasteiger partial charge in [-0.25, -0.2) is 4.79 Å². The second-order valence-corrected chi connectivity index (χ2v) is 3.87. The van der Waals surface area contributed by atoms with E-state index in [1.807, 2.05) is 18.2 Å². The maximum Gasteiger partial charge on any atom is 0.338 e. The van der Waals surface area contributed by atoms with Crippen LogP contribution in [-0.2, 0) is 4.74 Å². The molecule has 1 heterocycles. The second-order valence-electron chi connectivity index (χ2n) is 3.87. The van der Waals surface area contributed by atoms with Gasteiger partial charge >= 0.3 is 5.97 Å². The number of carbonyl (C=O) groups excluding carboxylic acids is 1. The number of nitrogens with zero attached hydrogens (tertiary/aromatic N) is 1. The number of rotatable bonds is 4. The summed E-state index contributed by atoms with van der Waals surface area (Å²) < 4.78 is 10.3. The normalized spacial score (nSPS) is 10.0. The Labute approximate surface area is 112 Å². The molecule has 0 atom stereocenters. The number of hydrogen-bond donors (Lipinski definition) is 0. The van der Waals surface area contributed by atoms with Crippen LogP contribution in [0, 0.1) is 0 Å². The summed E-state index contributed by atoms with van der Waals surface area (Å²) in [6.07, 6.45) is 3.39. The van der Waals surface area contributed by atoms with Gasteiger partial charge in [0.1, 0.15) is 5.75 Å². The minimum absolute atomic E-state index is 0.344. The van der Waals surface area contributed by atoms with Crippen molar-refractivity contribution >= 4 is 5.97 Å². The van der Waals surface area contributed by atoms with Gasteiger partial charge in [0.15, 0.2) is 0 Å². The summed E-state index contributed by atoms with van der Waals surface area (Å²) in [5.74, 6) is 0.343. The molecule has 0 amide bonds. The first-order valence-corrected chi connectivity index (χ1v) is 6.01. The lowest BCUT2D eigenvalue weighted by Gasteiger charge is -2.10. The van der Waals surface area contributed by atoms with Crippen molar-refractivity contribution in [3.8, 4) is 16.9 Å². The van der Waals surface area contributed by atoms with Crippen LogP contribution in [0.25, 0.3) is 11.1 Å². The lowest BCUT2D eigenvalue weighted by molar-refractivity contribution is 0.0527. The van der Waals surface area contributed by atoms with Crippen molar-refractivity contribution in [3.05, 3.63) is 48.3 Å². The number of benzene rings is 1. The SMILES string of the molecule is CCOC(=O)c1ccc(OC)cc1-c1cccnc1. The van der Waals surface area contributed by atoms with Crippen LogP contribution in [0.5, 0.6) is 5.75 Å². The van der Waals surface area contributed by atoms with Crippen LogP contribution < -0.4 is 4.74 Å². The molecule has 0 saturated carbocycles. The number of pyridine rings is 1. The first kappa shape index (κ1) is 13.1. The molecule has 1 aromatic heterocycles. The quantitative estimate of drug-likeness (QED) is 0.790. The van der Waals surface area contributed by atoms with E-state index in [2.05, 4.69) is 4.98 Å². The van der Waals surface area contributed by atoms with Crippen LogP contribution in [0.1, 0.15) is 17.3 Å². The van der Waals surface area contributed by atoms with Gasteiger partial charge in [-0.3, -0.25) is 4.98 Å². The highest BCUT2D eigenvalue weighted by atomic mass is 16.5. The van der Waals surface area contributed by atoms with E-state index >= 15 is 0 Å². The Kier molecular flexibility index (Phi) is 4.13. The third-order valence-electron chi connectivity index (χ3n) is 2.69. The van der Waals surface area contributed by atoms with E-state index in [0.29, 0.717) is 17.9 Å². The summed E-state index contributed by atoms with van der Waals surface area (Å²) in [6, 6.07) is 8.97. The molecule has 0 radical (unpaired) electrons. The van der Waals surface area contributed by atoms with Crippen molar-refractivity contribution in [1.82, 2.24) is 4.98 Å². The van der Waals surface area contributed by atoms with Crippen molar-refractivity contribution in [3.63, 3.8) is 0 Å². The molecule has 0 aliphatic carbocycles. The highest BCUT2D eigenvalue weighted by Crippen LogP contribution is 2.28. The van der Waals surface area contributed by atoms with Crippen LogP contribution in [0.3, 0.4) is 0 Å². The van der Waals surface area contributed by atoms with Crippen LogP contribution in [0.4, 0.5) is 0 Å². The minimum Gasteiger partial charge on any atom is -0.497 e.